The van der Waals surface area contributed by atoms with Crippen LogP contribution in [0, 0.1) is 17.7 Å². The number of benzene rings is 1. The molecule has 3 heterocycles. The molecule has 0 unspecified atom stereocenters. The molecule has 154 valence electrons. The fourth-order valence-corrected chi connectivity index (χ4v) is 4.91. The largest absolute Gasteiger partial charge is 0.396 e. The van der Waals surface area contributed by atoms with Gasteiger partial charge < -0.3 is 15.0 Å². The lowest BCUT2D eigenvalue weighted by Gasteiger charge is -2.35. The molecule has 1 saturated heterocycles. The van der Waals surface area contributed by atoms with Crippen LogP contribution >= 0.6 is 0 Å². The van der Waals surface area contributed by atoms with Crippen molar-refractivity contribution < 1.29 is 14.3 Å². The molecule has 1 aromatic carbocycles. The molecule has 4 rings (SSSR count). The van der Waals surface area contributed by atoms with Crippen LogP contribution in [0.1, 0.15) is 25.1 Å². The molecule has 0 saturated carbocycles. The second-order valence-corrected chi connectivity index (χ2v) is 7.94. The molecule has 0 aliphatic carbocycles. The Morgan fingerprint density at radius 3 is 2.62 bits per heavy atom. The maximum absolute atomic E-state index is 13.3. The summed E-state index contributed by atoms with van der Waals surface area (Å²) in [6.45, 7) is 2.89. The molecule has 2 aromatic rings. The van der Waals surface area contributed by atoms with Gasteiger partial charge in [0.15, 0.2) is 0 Å². The first-order valence-corrected chi connectivity index (χ1v) is 10.1. The quantitative estimate of drug-likeness (QED) is 0.804. The minimum Gasteiger partial charge on any atom is -0.396 e. The third-order valence-corrected chi connectivity index (χ3v) is 6.36. The highest BCUT2D eigenvalue weighted by Crippen LogP contribution is 2.47. The van der Waals surface area contributed by atoms with Crippen molar-refractivity contribution in [2.75, 3.05) is 20.2 Å². The van der Waals surface area contributed by atoms with Crippen LogP contribution in [-0.2, 0) is 11.3 Å². The highest BCUT2D eigenvalue weighted by atomic mass is 19.1. The molecule has 1 amide bonds. The van der Waals surface area contributed by atoms with Gasteiger partial charge in [0.2, 0.25) is 5.91 Å². The summed E-state index contributed by atoms with van der Waals surface area (Å²) >= 11 is 0. The molecule has 1 aromatic heterocycles. The van der Waals surface area contributed by atoms with Gasteiger partial charge in [-0.05, 0) is 43.3 Å². The van der Waals surface area contributed by atoms with Crippen LogP contribution in [0.4, 0.5) is 4.39 Å². The average Bonchev–Trinajstić information content (AvgIpc) is 2.90. The van der Waals surface area contributed by atoms with E-state index in [-0.39, 0.29) is 41.9 Å². The number of nitrogens with one attached hydrogen (secondary N) is 1. The van der Waals surface area contributed by atoms with E-state index in [1.165, 1.54) is 12.1 Å². The van der Waals surface area contributed by atoms with Crippen LogP contribution in [-0.4, -0.2) is 46.7 Å². The summed E-state index contributed by atoms with van der Waals surface area (Å²) in [5.41, 5.74) is 1.80. The van der Waals surface area contributed by atoms with Crippen LogP contribution in [0.5, 0.6) is 0 Å². The topological polar surface area (TPSA) is 74.6 Å². The minimum atomic E-state index is -0.411. The van der Waals surface area contributed by atoms with Crippen molar-refractivity contribution in [3.8, 4) is 11.1 Å². The summed E-state index contributed by atoms with van der Waals surface area (Å²) in [5, 5.41) is 13.0. The number of aliphatic hydroxyl groups is 1. The lowest BCUT2D eigenvalue weighted by molar-refractivity contribution is -0.127. The Labute approximate surface area is 169 Å². The highest BCUT2D eigenvalue weighted by molar-refractivity contribution is 5.80. The highest BCUT2D eigenvalue weighted by Gasteiger charge is 2.54. The molecule has 2 N–H and O–H groups in total. The Morgan fingerprint density at radius 1 is 1.24 bits per heavy atom. The number of likely N-dealkylation sites (N-methyl/N-ethyl adjacent to an activating group) is 1. The summed E-state index contributed by atoms with van der Waals surface area (Å²) < 4.78 is 15.0. The number of pyridine rings is 1. The van der Waals surface area contributed by atoms with E-state index in [1.807, 2.05) is 20.0 Å². The van der Waals surface area contributed by atoms with Gasteiger partial charge >= 0.3 is 0 Å². The number of carbonyl (C=O) groups excluding carboxylic acids is 1. The van der Waals surface area contributed by atoms with Gasteiger partial charge in [0.1, 0.15) is 5.82 Å². The van der Waals surface area contributed by atoms with E-state index in [2.05, 4.69) is 10.2 Å². The van der Waals surface area contributed by atoms with Crippen molar-refractivity contribution in [2.24, 2.45) is 11.8 Å². The molecule has 4 atom stereocenters. The molecule has 2 bridgehead atoms. The second kappa shape index (κ2) is 7.72. The third kappa shape index (κ3) is 3.18. The maximum atomic E-state index is 13.3. The lowest BCUT2D eigenvalue weighted by atomic mass is 9.86. The van der Waals surface area contributed by atoms with Crippen molar-refractivity contribution in [2.45, 2.75) is 32.0 Å². The fraction of sp³-hybridized carbons (Fsp3) is 0.455. The number of hydrogen-bond acceptors (Lipinski definition) is 4. The lowest BCUT2D eigenvalue weighted by Crippen LogP contribution is -2.44. The van der Waals surface area contributed by atoms with E-state index >= 15 is 0 Å². The van der Waals surface area contributed by atoms with Gasteiger partial charge in [-0.1, -0.05) is 19.1 Å². The van der Waals surface area contributed by atoms with Gasteiger partial charge in [0, 0.05) is 42.9 Å². The van der Waals surface area contributed by atoms with E-state index in [0.717, 1.165) is 12.1 Å². The SMILES string of the molecule is CCCNC(=O)[C@H]1[C@H](CO)[C@H]2Cn3c(ccc(-c4ccc(F)cc4)c3=O)[C@@H]1N2C. The van der Waals surface area contributed by atoms with Gasteiger partial charge in [-0.25, -0.2) is 4.39 Å². The van der Waals surface area contributed by atoms with Gasteiger partial charge in [-0.3, -0.25) is 14.5 Å². The normalized spacial score (nSPS) is 25.7. The molecule has 1 fully saturated rings. The van der Waals surface area contributed by atoms with E-state index in [4.69, 9.17) is 0 Å². The number of halogens is 1. The number of hydrogen-bond donors (Lipinski definition) is 2. The number of fused-ring (bicyclic) bond motifs is 4. The fourth-order valence-electron chi connectivity index (χ4n) is 4.91. The van der Waals surface area contributed by atoms with Crippen LogP contribution in [0.2, 0.25) is 0 Å². The van der Waals surface area contributed by atoms with Crippen molar-refractivity contribution in [1.82, 2.24) is 14.8 Å². The Morgan fingerprint density at radius 2 is 1.97 bits per heavy atom. The number of aliphatic hydroxyl groups excluding tert-OH is 1. The van der Waals surface area contributed by atoms with E-state index in [1.54, 1.807) is 22.8 Å². The summed E-state index contributed by atoms with van der Waals surface area (Å²) in [6.07, 6.45) is 0.837. The molecule has 0 radical (unpaired) electrons. The molecule has 29 heavy (non-hydrogen) atoms. The number of amides is 1. The Hall–Kier alpha value is -2.51. The zero-order valence-electron chi connectivity index (χ0n) is 16.6. The standard InChI is InChI=1S/C22H26FN3O3/c1-3-10-24-21(28)19-16(12-27)18-11-26-17(20(19)25(18)2)9-8-15(22(26)29)13-4-6-14(23)7-5-13/h4-9,16,18-20,27H,3,10-12H2,1-2H3,(H,24,28)/t16-,18-,19+,20+/m1/s1. The van der Waals surface area contributed by atoms with Crippen LogP contribution < -0.4 is 10.9 Å². The summed E-state index contributed by atoms with van der Waals surface area (Å²) in [5.74, 6) is -1.08. The molecule has 7 heteroatoms. The molecule has 2 aliphatic heterocycles. The van der Waals surface area contributed by atoms with Crippen LogP contribution in [0.15, 0.2) is 41.2 Å². The Bertz CT molecular complexity index is 972. The van der Waals surface area contributed by atoms with Gasteiger partial charge in [-0.15, -0.1) is 0 Å². The van der Waals surface area contributed by atoms with Gasteiger partial charge in [-0.2, -0.15) is 0 Å². The van der Waals surface area contributed by atoms with Crippen LogP contribution in [0.3, 0.4) is 0 Å². The zero-order valence-corrected chi connectivity index (χ0v) is 16.6. The number of nitrogens with zero attached hydrogens (tertiary/aromatic N) is 2. The number of rotatable bonds is 5. The Kier molecular flexibility index (Phi) is 5.27. The molecular weight excluding hydrogens is 373 g/mol. The maximum Gasteiger partial charge on any atom is 0.258 e. The summed E-state index contributed by atoms with van der Waals surface area (Å²) in [7, 11) is 1.95. The molecule has 2 aliphatic rings. The average molecular weight is 399 g/mol. The van der Waals surface area contributed by atoms with Gasteiger partial charge in [0.05, 0.1) is 12.0 Å². The Balaban J connectivity index is 1.78. The first-order chi connectivity index (χ1) is 14.0. The monoisotopic (exact) mass is 399 g/mol. The van der Waals surface area contributed by atoms with Crippen molar-refractivity contribution in [3.63, 3.8) is 0 Å². The van der Waals surface area contributed by atoms with E-state index < -0.39 is 5.92 Å². The minimum absolute atomic E-state index is 0.0752. The number of aromatic nitrogens is 1. The van der Waals surface area contributed by atoms with Crippen molar-refractivity contribution >= 4 is 5.91 Å². The van der Waals surface area contributed by atoms with E-state index in [9.17, 15) is 19.1 Å². The molecule has 0 spiro atoms. The van der Waals surface area contributed by atoms with Crippen LogP contribution in [0.25, 0.3) is 11.1 Å². The zero-order chi connectivity index (χ0) is 20.7. The summed E-state index contributed by atoms with van der Waals surface area (Å²) in [4.78, 5) is 28.3. The first-order valence-electron chi connectivity index (χ1n) is 10.1. The van der Waals surface area contributed by atoms with Gasteiger partial charge in [0.25, 0.3) is 5.56 Å². The predicted molar refractivity (Wildman–Crippen MR) is 108 cm³/mol. The third-order valence-electron chi connectivity index (χ3n) is 6.36. The smallest absolute Gasteiger partial charge is 0.258 e. The molecular formula is C22H26FN3O3. The molecule has 6 nitrogen and oxygen atoms in total. The predicted octanol–water partition coefficient (Wildman–Crippen LogP) is 1.77. The van der Waals surface area contributed by atoms with E-state index in [0.29, 0.717) is 24.2 Å². The van der Waals surface area contributed by atoms with Crippen molar-refractivity contribution in [3.05, 3.63) is 58.3 Å². The summed E-state index contributed by atoms with van der Waals surface area (Å²) in [6, 6.07) is 9.15. The first kappa shape index (κ1) is 19.8. The van der Waals surface area contributed by atoms with Crippen molar-refractivity contribution in [1.29, 1.82) is 0 Å². The number of carbonyl (C=O) groups is 1. The second-order valence-electron chi connectivity index (χ2n) is 7.94.